The second kappa shape index (κ2) is 8.57. The van der Waals surface area contributed by atoms with Crippen molar-refractivity contribution in [1.29, 1.82) is 0 Å². The van der Waals surface area contributed by atoms with Gasteiger partial charge < -0.3 is 9.47 Å². The zero-order chi connectivity index (χ0) is 21.9. The molecule has 3 rings (SSSR count). The Bertz CT molecular complexity index is 1120. The highest BCUT2D eigenvalue weighted by Crippen LogP contribution is 2.38. The van der Waals surface area contributed by atoms with E-state index in [0.29, 0.717) is 5.56 Å². The molecule has 0 atom stereocenters. The van der Waals surface area contributed by atoms with Gasteiger partial charge in [-0.1, -0.05) is 62.8 Å². The number of aryl methyl sites for hydroxylation is 1. The Balaban J connectivity index is 2.18. The zero-order valence-corrected chi connectivity index (χ0v) is 18.4. The fraction of sp³-hybridized carbons (Fsp3) is 0.280. The van der Waals surface area contributed by atoms with Crippen LogP contribution in [0.15, 0.2) is 47.4 Å². The largest absolute Gasteiger partial charge is 0.496 e. The van der Waals surface area contributed by atoms with Gasteiger partial charge >= 0.3 is 0 Å². The summed E-state index contributed by atoms with van der Waals surface area (Å²) in [6, 6.07) is 12.5. The molecule has 5 heteroatoms. The van der Waals surface area contributed by atoms with Gasteiger partial charge in [-0.15, -0.1) is 0 Å². The van der Waals surface area contributed by atoms with Gasteiger partial charge in [0.05, 0.1) is 19.8 Å². The highest BCUT2D eigenvalue weighted by atomic mass is 16.5. The maximum Gasteiger partial charge on any atom is 0.296 e. The van der Waals surface area contributed by atoms with Crippen molar-refractivity contribution < 1.29 is 9.47 Å². The van der Waals surface area contributed by atoms with Crippen LogP contribution in [0, 0.1) is 6.92 Å². The highest BCUT2D eigenvalue weighted by molar-refractivity contribution is 5.78. The van der Waals surface area contributed by atoms with E-state index in [0.717, 1.165) is 28.0 Å². The molecule has 0 aliphatic heterocycles. The topological polar surface area (TPSA) is 64.2 Å². The third-order valence-electron chi connectivity index (χ3n) is 4.94. The van der Waals surface area contributed by atoms with Crippen molar-refractivity contribution in [2.75, 3.05) is 14.2 Å². The Labute approximate surface area is 177 Å². The molecule has 0 saturated carbocycles. The Morgan fingerprint density at radius 2 is 1.70 bits per heavy atom. The standard InChI is InChI=1S/C25H28N2O3/c1-16-7-9-17(10-8-16)11-12-18-13-19(14-21(22(18)29-5)25(2,3)4)20-15-26-24(30-6)27-23(20)28/h7-15H,1-6H3,(H,26,27,28)/b12-11+. The van der Waals surface area contributed by atoms with E-state index in [1.165, 1.54) is 12.7 Å². The van der Waals surface area contributed by atoms with Crippen LogP contribution in [0.3, 0.4) is 0 Å². The van der Waals surface area contributed by atoms with Gasteiger partial charge in [0, 0.05) is 17.3 Å². The number of H-pyrrole nitrogens is 1. The van der Waals surface area contributed by atoms with Crippen LogP contribution >= 0.6 is 0 Å². The monoisotopic (exact) mass is 404 g/mol. The molecule has 0 bridgehead atoms. The molecule has 1 aromatic heterocycles. The molecule has 2 aromatic carbocycles. The molecule has 3 aromatic rings. The molecule has 0 aliphatic carbocycles. The van der Waals surface area contributed by atoms with Crippen molar-refractivity contribution in [3.63, 3.8) is 0 Å². The summed E-state index contributed by atoms with van der Waals surface area (Å²) in [5, 5.41) is 0. The fourth-order valence-electron chi connectivity index (χ4n) is 3.27. The molecule has 0 saturated heterocycles. The number of nitrogens with one attached hydrogen (secondary N) is 1. The zero-order valence-electron chi connectivity index (χ0n) is 18.4. The molecule has 5 nitrogen and oxygen atoms in total. The fourth-order valence-corrected chi connectivity index (χ4v) is 3.27. The Kier molecular flexibility index (Phi) is 6.11. The van der Waals surface area contributed by atoms with E-state index in [9.17, 15) is 4.79 Å². The Morgan fingerprint density at radius 1 is 1.00 bits per heavy atom. The van der Waals surface area contributed by atoms with Crippen LogP contribution < -0.4 is 15.0 Å². The summed E-state index contributed by atoms with van der Waals surface area (Å²) in [5.74, 6) is 0.799. The lowest BCUT2D eigenvalue weighted by atomic mass is 9.83. The van der Waals surface area contributed by atoms with E-state index in [1.807, 2.05) is 24.3 Å². The van der Waals surface area contributed by atoms with Gasteiger partial charge in [0.25, 0.3) is 11.6 Å². The summed E-state index contributed by atoms with van der Waals surface area (Å²) in [6.07, 6.45) is 5.61. The number of benzene rings is 2. The number of ether oxygens (including phenoxy) is 2. The van der Waals surface area contributed by atoms with Gasteiger partial charge in [0.1, 0.15) is 5.75 Å². The van der Waals surface area contributed by atoms with Crippen molar-refractivity contribution >= 4 is 12.2 Å². The third kappa shape index (κ3) is 4.62. The second-order valence-electron chi connectivity index (χ2n) is 8.28. The van der Waals surface area contributed by atoms with Crippen molar-refractivity contribution in [3.05, 3.63) is 75.2 Å². The molecule has 0 amide bonds. The SMILES string of the molecule is COc1ncc(-c2cc(/C=C/c3ccc(C)cc3)c(OC)c(C(C)(C)C)c2)c(=O)[nH]1. The predicted octanol–water partition coefficient (Wildman–Crippen LogP) is 5.23. The first-order valence-corrected chi connectivity index (χ1v) is 9.84. The molecule has 0 unspecified atom stereocenters. The van der Waals surface area contributed by atoms with Gasteiger partial charge in [0.15, 0.2) is 0 Å². The van der Waals surface area contributed by atoms with Gasteiger partial charge in [-0.2, -0.15) is 0 Å². The van der Waals surface area contributed by atoms with E-state index >= 15 is 0 Å². The number of hydrogen-bond donors (Lipinski definition) is 1. The number of methoxy groups -OCH3 is 2. The first-order valence-electron chi connectivity index (χ1n) is 9.84. The van der Waals surface area contributed by atoms with Crippen molar-refractivity contribution in [1.82, 2.24) is 9.97 Å². The highest BCUT2D eigenvalue weighted by Gasteiger charge is 2.23. The van der Waals surface area contributed by atoms with Crippen LogP contribution in [-0.2, 0) is 5.41 Å². The number of aromatic amines is 1. The van der Waals surface area contributed by atoms with Crippen molar-refractivity contribution in [2.45, 2.75) is 33.1 Å². The molecule has 0 aliphatic rings. The summed E-state index contributed by atoms with van der Waals surface area (Å²) in [7, 11) is 3.15. The summed E-state index contributed by atoms with van der Waals surface area (Å²) in [4.78, 5) is 19.4. The lowest BCUT2D eigenvalue weighted by molar-refractivity contribution is 0.378. The maximum atomic E-state index is 12.6. The molecule has 0 fully saturated rings. The quantitative estimate of drug-likeness (QED) is 0.592. The lowest BCUT2D eigenvalue weighted by Gasteiger charge is -2.24. The first-order chi connectivity index (χ1) is 14.2. The Morgan fingerprint density at radius 3 is 2.27 bits per heavy atom. The first kappa shape index (κ1) is 21.4. The number of nitrogens with zero attached hydrogens (tertiary/aromatic N) is 1. The minimum absolute atomic E-state index is 0.180. The van der Waals surface area contributed by atoms with E-state index in [2.05, 4.69) is 61.9 Å². The normalized spacial score (nSPS) is 11.7. The van der Waals surface area contributed by atoms with Crippen LogP contribution in [0.2, 0.25) is 0 Å². The minimum atomic E-state index is -0.250. The summed E-state index contributed by atoms with van der Waals surface area (Å²) in [6.45, 7) is 8.44. The lowest BCUT2D eigenvalue weighted by Crippen LogP contribution is -2.15. The summed E-state index contributed by atoms with van der Waals surface area (Å²) in [5.41, 5.74) is 5.05. The third-order valence-corrected chi connectivity index (χ3v) is 4.94. The number of aromatic nitrogens is 2. The van der Waals surface area contributed by atoms with Crippen LogP contribution in [0.4, 0.5) is 0 Å². The van der Waals surface area contributed by atoms with Gasteiger partial charge in [-0.05, 0) is 35.6 Å². The average Bonchev–Trinajstić information content (AvgIpc) is 2.71. The molecular formula is C25H28N2O3. The molecule has 0 radical (unpaired) electrons. The van der Waals surface area contributed by atoms with Crippen LogP contribution in [0.5, 0.6) is 11.8 Å². The van der Waals surface area contributed by atoms with Crippen LogP contribution in [0.1, 0.15) is 43.0 Å². The molecule has 1 heterocycles. The van der Waals surface area contributed by atoms with Gasteiger partial charge in [-0.3, -0.25) is 9.78 Å². The van der Waals surface area contributed by atoms with E-state index < -0.39 is 0 Å². The number of hydrogen-bond acceptors (Lipinski definition) is 4. The van der Waals surface area contributed by atoms with E-state index in [4.69, 9.17) is 9.47 Å². The molecule has 1 N–H and O–H groups in total. The molecule has 0 spiro atoms. The molecule has 156 valence electrons. The predicted molar refractivity (Wildman–Crippen MR) is 122 cm³/mol. The van der Waals surface area contributed by atoms with Crippen LogP contribution in [-0.4, -0.2) is 24.2 Å². The van der Waals surface area contributed by atoms with Crippen molar-refractivity contribution in [2.24, 2.45) is 0 Å². The Hall–Kier alpha value is -3.34. The van der Waals surface area contributed by atoms with Crippen molar-refractivity contribution in [3.8, 4) is 22.9 Å². The summed E-state index contributed by atoms with van der Waals surface area (Å²) >= 11 is 0. The number of rotatable bonds is 5. The molecule has 30 heavy (non-hydrogen) atoms. The van der Waals surface area contributed by atoms with E-state index in [1.54, 1.807) is 13.3 Å². The average molecular weight is 405 g/mol. The minimum Gasteiger partial charge on any atom is -0.496 e. The van der Waals surface area contributed by atoms with Gasteiger partial charge in [0.2, 0.25) is 0 Å². The molecular weight excluding hydrogens is 376 g/mol. The second-order valence-corrected chi connectivity index (χ2v) is 8.28. The maximum absolute atomic E-state index is 12.6. The van der Waals surface area contributed by atoms with Crippen LogP contribution in [0.25, 0.3) is 23.3 Å². The smallest absolute Gasteiger partial charge is 0.296 e. The van der Waals surface area contributed by atoms with E-state index in [-0.39, 0.29) is 17.0 Å². The van der Waals surface area contributed by atoms with Gasteiger partial charge in [-0.25, -0.2) is 4.98 Å². The summed E-state index contributed by atoms with van der Waals surface area (Å²) < 4.78 is 10.8.